The lowest BCUT2D eigenvalue weighted by Gasteiger charge is -2.29. The average Bonchev–Trinajstić information content (AvgIpc) is 2.37. The lowest BCUT2D eigenvalue weighted by Crippen LogP contribution is -2.32. The summed E-state index contributed by atoms with van der Waals surface area (Å²) in [6.07, 6.45) is 0. The fourth-order valence-electron chi connectivity index (χ4n) is 2.50. The Morgan fingerprint density at radius 2 is 1.79 bits per heavy atom. The molecule has 2 unspecified atom stereocenters. The third-order valence-electron chi connectivity index (χ3n) is 3.70. The van der Waals surface area contributed by atoms with Gasteiger partial charge in [-0.3, -0.25) is 0 Å². The van der Waals surface area contributed by atoms with Crippen molar-refractivity contribution in [2.24, 2.45) is 23.3 Å². The van der Waals surface area contributed by atoms with Crippen LogP contribution >= 0.6 is 0 Å². The summed E-state index contributed by atoms with van der Waals surface area (Å²) in [5.41, 5.74) is 14.4. The SMILES string of the molecule is COc1cc(C)c(C(N)C(CN)C(C)C)c(OC)c1. The first-order chi connectivity index (χ1) is 8.96. The Hall–Kier alpha value is -1.26. The Morgan fingerprint density at radius 3 is 2.21 bits per heavy atom. The molecule has 0 amide bonds. The van der Waals surface area contributed by atoms with Crippen LogP contribution in [0.2, 0.25) is 0 Å². The molecule has 0 aliphatic rings. The average molecular weight is 266 g/mol. The molecule has 4 heteroatoms. The zero-order valence-electron chi connectivity index (χ0n) is 12.6. The van der Waals surface area contributed by atoms with Gasteiger partial charge in [-0.15, -0.1) is 0 Å². The molecular weight excluding hydrogens is 240 g/mol. The van der Waals surface area contributed by atoms with Gasteiger partial charge in [0.2, 0.25) is 0 Å². The van der Waals surface area contributed by atoms with E-state index in [2.05, 4.69) is 13.8 Å². The maximum absolute atomic E-state index is 6.42. The topological polar surface area (TPSA) is 70.5 Å². The molecule has 0 aromatic heterocycles. The highest BCUT2D eigenvalue weighted by molar-refractivity contribution is 5.48. The summed E-state index contributed by atoms with van der Waals surface area (Å²) in [6, 6.07) is 3.72. The summed E-state index contributed by atoms with van der Waals surface area (Å²) >= 11 is 0. The molecule has 0 aliphatic heterocycles. The lowest BCUT2D eigenvalue weighted by atomic mass is 9.83. The summed E-state index contributed by atoms with van der Waals surface area (Å²) in [5.74, 6) is 2.19. The molecule has 0 aliphatic carbocycles. The molecule has 19 heavy (non-hydrogen) atoms. The van der Waals surface area contributed by atoms with E-state index in [9.17, 15) is 0 Å². The van der Waals surface area contributed by atoms with Crippen LogP contribution in [-0.4, -0.2) is 20.8 Å². The van der Waals surface area contributed by atoms with Crippen LogP contribution in [0.4, 0.5) is 0 Å². The molecule has 108 valence electrons. The highest BCUT2D eigenvalue weighted by Crippen LogP contribution is 2.36. The van der Waals surface area contributed by atoms with Gasteiger partial charge in [0.1, 0.15) is 11.5 Å². The molecule has 0 radical (unpaired) electrons. The Labute approximate surface area is 116 Å². The molecule has 0 saturated carbocycles. The Morgan fingerprint density at radius 1 is 1.16 bits per heavy atom. The Kier molecular flexibility index (Phi) is 5.63. The van der Waals surface area contributed by atoms with E-state index in [4.69, 9.17) is 20.9 Å². The van der Waals surface area contributed by atoms with Crippen molar-refractivity contribution in [1.82, 2.24) is 0 Å². The zero-order valence-corrected chi connectivity index (χ0v) is 12.6. The van der Waals surface area contributed by atoms with Crippen LogP contribution < -0.4 is 20.9 Å². The minimum atomic E-state index is -0.133. The minimum Gasteiger partial charge on any atom is -0.497 e. The van der Waals surface area contributed by atoms with Crippen molar-refractivity contribution in [1.29, 1.82) is 0 Å². The van der Waals surface area contributed by atoms with E-state index in [1.54, 1.807) is 14.2 Å². The number of hydrogen-bond acceptors (Lipinski definition) is 4. The second-order valence-electron chi connectivity index (χ2n) is 5.23. The van der Waals surface area contributed by atoms with Crippen LogP contribution in [0.25, 0.3) is 0 Å². The smallest absolute Gasteiger partial charge is 0.127 e. The number of nitrogens with two attached hydrogens (primary N) is 2. The van der Waals surface area contributed by atoms with E-state index in [0.717, 1.165) is 22.6 Å². The van der Waals surface area contributed by atoms with Crippen LogP contribution in [0.15, 0.2) is 12.1 Å². The normalized spacial score (nSPS) is 14.3. The van der Waals surface area contributed by atoms with Crippen LogP contribution in [0.1, 0.15) is 31.0 Å². The van der Waals surface area contributed by atoms with Crippen molar-refractivity contribution >= 4 is 0 Å². The van der Waals surface area contributed by atoms with E-state index in [0.29, 0.717) is 12.5 Å². The monoisotopic (exact) mass is 266 g/mol. The summed E-state index contributed by atoms with van der Waals surface area (Å²) in [7, 11) is 3.29. The van der Waals surface area contributed by atoms with Gasteiger partial charge in [0.05, 0.1) is 14.2 Å². The third-order valence-corrected chi connectivity index (χ3v) is 3.70. The van der Waals surface area contributed by atoms with E-state index >= 15 is 0 Å². The minimum absolute atomic E-state index is 0.133. The molecule has 1 aromatic rings. The van der Waals surface area contributed by atoms with Gasteiger partial charge in [-0.05, 0) is 36.9 Å². The summed E-state index contributed by atoms with van der Waals surface area (Å²) in [6.45, 7) is 6.87. The van der Waals surface area contributed by atoms with Crippen molar-refractivity contribution in [3.63, 3.8) is 0 Å². The number of methoxy groups -OCH3 is 2. The Balaban J connectivity index is 3.24. The van der Waals surface area contributed by atoms with Crippen molar-refractivity contribution < 1.29 is 9.47 Å². The molecule has 0 bridgehead atoms. The number of hydrogen-bond donors (Lipinski definition) is 2. The van der Waals surface area contributed by atoms with Gasteiger partial charge in [-0.1, -0.05) is 13.8 Å². The van der Waals surface area contributed by atoms with Crippen molar-refractivity contribution in [3.8, 4) is 11.5 Å². The highest BCUT2D eigenvalue weighted by atomic mass is 16.5. The van der Waals surface area contributed by atoms with Gasteiger partial charge < -0.3 is 20.9 Å². The molecule has 1 aromatic carbocycles. The summed E-state index contributed by atoms with van der Waals surface area (Å²) in [4.78, 5) is 0. The summed E-state index contributed by atoms with van der Waals surface area (Å²) in [5, 5.41) is 0. The second kappa shape index (κ2) is 6.78. The number of ether oxygens (including phenoxy) is 2. The van der Waals surface area contributed by atoms with Crippen LogP contribution in [0.3, 0.4) is 0 Å². The quantitative estimate of drug-likeness (QED) is 0.828. The van der Waals surface area contributed by atoms with Crippen molar-refractivity contribution in [3.05, 3.63) is 23.3 Å². The molecule has 1 rings (SSSR count). The predicted molar refractivity (Wildman–Crippen MR) is 78.6 cm³/mol. The standard InChI is InChI=1S/C15H26N2O2/c1-9(2)12(8-16)15(17)14-10(3)6-11(18-4)7-13(14)19-5/h6-7,9,12,15H,8,16-17H2,1-5H3. The molecule has 4 N–H and O–H groups in total. The molecule has 0 heterocycles. The first-order valence-electron chi connectivity index (χ1n) is 6.64. The molecule has 0 saturated heterocycles. The number of aryl methyl sites for hydroxylation is 1. The lowest BCUT2D eigenvalue weighted by molar-refractivity contribution is 0.318. The molecule has 4 nitrogen and oxygen atoms in total. The molecule has 2 atom stereocenters. The van der Waals surface area contributed by atoms with E-state index in [-0.39, 0.29) is 12.0 Å². The van der Waals surface area contributed by atoms with Crippen LogP contribution in [0.5, 0.6) is 11.5 Å². The molecule has 0 spiro atoms. The first-order valence-corrected chi connectivity index (χ1v) is 6.64. The second-order valence-corrected chi connectivity index (χ2v) is 5.23. The van der Waals surface area contributed by atoms with E-state index in [1.165, 1.54) is 0 Å². The number of rotatable bonds is 6. The van der Waals surface area contributed by atoms with Gasteiger partial charge in [0.15, 0.2) is 0 Å². The predicted octanol–water partition coefficient (Wildman–Crippen LogP) is 2.24. The number of benzene rings is 1. The van der Waals surface area contributed by atoms with Gasteiger partial charge in [0.25, 0.3) is 0 Å². The molecule has 0 fully saturated rings. The van der Waals surface area contributed by atoms with Crippen LogP contribution in [0, 0.1) is 18.8 Å². The fraction of sp³-hybridized carbons (Fsp3) is 0.600. The fourth-order valence-corrected chi connectivity index (χ4v) is 2.50. The van der Waals surface area contributed by atoms with Gasteiger partial charge in [0, 0.05) is 17.7 Å². The summed E-state index contributed by atoms with van der Waals surface area (Å²) < 4.78 is 10.7. The maximum Gasteiger partial charge on any atom is 0.127 e. The van der Waals surface area contributed by atoms with E-state index in [1.807, 2.05) is 19.1 Å². The van der Waals surface area contributed by atoms with Crippen molar-refractivity contribution in [2.45, 2.75) is 26.8 Å². The van der Waals surface area contributed by atoms with Crippen LogP contribution in [-0.2, 0) is 0 Å². The van der Waals surface area contributed by atoms with E-state index < -0.39 is 0 Å². The Bertz CT molecular complexity index is 419. The van der Waals surface area contributed by atoms with Gasteiger partial charge >= 0.3 is 0 Å². The largest absolute Gasteiger partial charge is 0.497 e. The zero-order chi connectivity index (χ0) is 14.6. The highest BCUT2D eigenvalue weighted by Gasteiger charge is 2.26. The first kappa shape index (κ1) is 15.8. The molecular formula is C15H26N2O2. The van der Waals surface area contributed by atoms with Crippen molar-refractivity contribution in [2.75, 3.05) is 20.8 Å². The third kappa shape index (κ3) is 3.39. The van der Waals surface area contributed by atoms with Gasteiger partial charge in [-0.25, -0.2) is 0 Å². The maximum atomic E-state index is 6.42. The van der Waals surface area contributed by atoms with Gasteiger partial charge in [-0.2, -0.15) is 0 Å².